The van der Waals surface area contributed by atoms with Crippen LogP contribution >= 0.6 is 0 Å². The van der Waals surface area contributed by atoms with E-state index < -0.39 is 24.1 Å². The number of aliphatic carboxylic acids is 1. The van der Waals surface area contributed by atoms with Crippen LogP contribution in [0.2, 0.25) is 0 Å². The molecule has 2 aromatic rings. The molecule has 0 radical (unpaired) electrons. The molecule has 9 nitrogen and oxygen atoms in total. The minimum Gasteiger partial charge on any atom is -0.481 e. The van der Waals surface area contributed by atoms with Gasteiger partial charge in [0, 0.05) is 25.7 Å². The van der Waals surface area contributed by atoms with Gasteiger partial charge in [-0.2, -0.15) is 0 Å². The van der Waals surface area contributed by atoms with E-state index in [1.165, 1.54) is 5.56 Å². The molecule has 3 aliphatic heterocycles. The number of nitrogens with one attached hydrogen (secondary N) is 2. The molecule has 0 aliphatic carbocycles. The lowest BCUT2D eigenvalue weighted by atomic mass is 9.95. The number of nitrogens with zero attached hydrogens (tertiary/aromatic N) is 2. The van der Waals surface area contributed by atoms with E-state index in [-0.39, 0.29) is 30.2 Å². The third kappa shape index (κ3) is 6.14. The number of fused-ring (bicyclic) bond motifs is 1. The van der Waals surface area contributed by atoms with Crippen molar-refractivity contribution in [1.29, 1.82) is 0 Å². The second-order valence-electron chi connectivity index (χ2n) is 10.8. The molecule has 2 saturated heterocycles. The van der Waals surface area contributed by atoms with Gasteiger partial charge < -0.3 is 25.5 Å². The van der Waals surface area contributed by atoms with E-state index in [0.29, 0.717) is 51.7 Å². The van der Waals surface area contributed by atoms with Crippen molar-refractivity contribution in [2.45, 2.75) is 75.7 Å². The topological polar surface area (TPSA) is 119 Å². The van der Waals surface area contributed by atoms with Crippen LogP contribution in [0.25, 0.3) is 0 Å². The second-order valence-corrected chi connectivity index (χ2v) is 10.8. The first kappa shape index (κ1) is 26.9. The molecule has 3 aliphatic rings. The molecule has 9 heteroatoms. The molecular weight excluding hydrogens is 496 g/mol. The summed E-state index contributed by atoms with van der Waals surface area (Å²) >= 11 is 0. The van der Waals surface area contributed by atoms with Crippen LogP contribution in [-0.2, 0) is 38.6 Å². The van der Waals surface area contributed by atoms with Crippen LogP contribution in [0.15, 0.2) is 54.6 Å². The first-order chi connectivity index (χ1) is 18.9. The Balaban J connectivity index is 1.24. The monoisotopic (exact) mass is 532 g/mol. The Hall–Kier alpha value is -3.72. The van der Waals surface area contributed by atoms with Gasteiger partial charge in [0.1, 0.15) is 12.1 Å². The number of hydrogen-bond donors (Lipinski definition) is 3. The zero-order valence-electron chi connectivity index (χ0n) is 22.1. The molecule has 4 unspecified atom stereocenters. The molecular formula is C30H36N4O5. The van der Waals surface area contributed by atoms with Crippen molar-refractivity contribution in [2.24, 2.45) is 0 Å². The third-order valence-corrected chi connectivity index (χ3v) is 8.13. The van der Waals surface area contributed by atoms with Gasteiger partial charge >= 0.3 is 5.97 Å². The molecule has 39 heavy (non-hydrogen) atoms. The van der Waals surface area contributed by atoms with Crippen LogP contribution < -0.4 is 10.6 Å². The largest absolute Gasteiger partial charge is 0.481 e. The summed E-state index contributed by atoms with van der Waals surface area (Å²) in [5.41, 5.74) is 3.27. The highest BCUT2D eigenvalue weighted by Crippen LogP contribution is 2.27. The van der Waals surface area contributed by atoms with Gasteiger partial charge in [-0.15, -0.1) is 0 Å². The van der Waals surface area contributed by atoms with Gasteiger partial charge in [0.05, 0.1) is 12.5 Å². The summed E-state index contributed by atoms with van der Waals surface area (Å²) in [4.78, 5) is 55.4. The van der Waals surface area contributed by atoms with E-state index in [9.17, 15) is 24.3 Å². The van der Waals surface area contributed by atoms with E-state index in [4.69, 9.17) is 0 Å². The number of benzene rings is 2. The number of rotatable bonds is 8. The molecule has 0 aromatic heterocycles. The van der Waals surface area contributed by atoms with E-state index in [2.05, 4.69) is 16.7 Å². The van der Waals surface area contributed by atoms with Gasteiger partial charge in [-0.1, -0.05) is 54.6 Å². The van der Waals surface area contributed by atoms with E-state index in [0.717, 1.165) is 17.5 Å². The fourth-order valence-electron chi connectivity index (χ4n) is 6.19. The maximum Gasteiger partial charge on any atom is 0.305 e. The number of hydrogen-bond acceptors (Lipinski definition) is 5. The molecule has 2 aromatic carbocycles. The Morgan fingerprint density at radius 3 is 2.23 bits per heavy atom. The van der Waals surface area contributed by atoms with E-state index >= 15 is 0 Å². The standard InChI is InChI=1S/C30H36N4O5/c35-27(36)18-23(16-20-8-2-1-3-9-20)32-28(37)25-12-6-14-33(25)30(39)26-13-7-15-34(26)29(38)24-17-21-10-4-5-11-22(21)19-31-24/h1-5,8-11,23-26,31H,6-7,12-19H2,(H,32,37)(H,35,36). The Bertz CT molecular complexity index is 1220. The molecule has 0 spiro atoms. The molecule has 4 atom stereocenters. The minimum absolute atomic E-state index is 0.0649. The predicted octanol–water partition coefficient (Wildman–Crippen LogP) is 1.89. The highest BCUT2D eigenvalue weighted by atomic mass is 16.4. The van der Waals surface area contributed by atoms with Crippen molar-refractivity contribution >= 4 is 23.7 Å². The Morgan fingerprint density at radius 1 is 0.872 bits per heavy atom. The van der Waals surface area contributed by atoms with Gasteiger partial charge in [-0.3, -0.25) is 19.2 Å². The van der Waals surface area contributed by atoms with Crippen LogP contribution in [-0.4, -0.2) is 75.9 Å². The first-order valence-electron chi connectivity index (χ1n) is 13.9. The lowest BCUT2D eigenvalue weighted by Crippen LogP contribution is -2.57. The molecule has 3 amide bonds. The quantitative estimate of drug-likeness (QED) is 0.478. The molecule has 3 N–H and O–H groups in total. The summed E-state index contributed by atoms with van der Waals surface area (Å²) in [7, 11) is 0. The van der Waals surface area contributed by atoms with Crippen LogP contribution in [0.3, 0.4) is 0 Å². The average molecular weight is 533 g/mol. The lowest BCUT2D eigenvalue weighted by Gasteiger charge is -2.34. The van der Waals surface area contributed by atoms with Crippen molar-refractivity contribution in [3.8, 4) is 0 Å². The first-order valence-corrected chi connectivity index (χ1v) is 13.9. The fourth-order valence-corrected chi connectivity index (χ4v) is 6.19. The summed E-state index contributed by atoms with van der Waals surface area (Å²) in [6, 6.07) is 15.3. The van der Waals surface area contributed by atoms with Gasteiger partial charge in [-0.05, 0) is 55.2 Å². The van der Waals surface area contributed by atoms with Gasteiger partial charge in [0.15, 0.2) is 0 Å². The summed E-state index contributed by atoms with van der Waals surface area (Å²) < 4.78 is 0. The van der Waals surface area contributed by atoms with Gasteiger partial charge in [0.25, 0.3) is 0 Å². The summed E-state index contributed by atoms with van der Waals surface area (Å²) in [6.07, 6.45) is 3.31. The number of amides is 3. The summed E-state index contributed by atoms with van der Waals surface area (Å²) in [5, 5.41) is 15.7. The third-order valence-electron chi connectivity index (χ3n) is 8.13. The Labute approximate surface area is 228 Å². The van der Waals surface area contributed by atoms with Crippen molar-refractivity contribution in [3.63, 3.8) is 0 Å². The zero-order valence-corrected chi connectivity index (χ0v) is 22.1. The van der Waals surface area contributed by atoms with Gasteiger partial charge in [-0.25, -0.2) is 0 Å². The number of carboxylic acids is 1. The predicted molar refractivity (Wildman–Crippen MR) is 145 cm³/mol. The van der Waals surface area contributed by atoms with Crippen LogP contribution in [0, 0.1) is 0 Å². The molecule has 206 valence electrons. The highest BCUT2D eigenvalue weighted by molar-refractivity contribution is 5.94. The number of carbonyl (C=O) groups excluding carboxylic acids is 3. The number of carbonyl (C=O) groups is 4. The van der Waals surface area contributed by atoms with Gasteiger partial charge in [0.2, 0.25) is 17.7 Å². The van der Waals surface area contributed by atoms with Crippen molar-refractivity contribution in [3.05, 3.63) is 71.3 Å². The maximum absolute atomic E-state index is 13.8. The molecule has 3 heterocycles. The SMILES string of the molecule is O=C(O)CC(Cc1ccccc1)NC(=O)C1CCCN1C(=O)C1CCCN1C(=O)C1Cc2ccccc2CN1. The number of carboxylic acid groups (broad SMARTS) is 1. The normalized spacial score (nSPS) is 23.2. The molecule has 0 bridgehead atoms. The zero-order chi connectivity index (χ0) is 27.4. The fraction of sp³-hybridized carbons (Fsp3) is 0.467. The van der Waals surface area contributed by atoms with Crippen molar-refractivity contribution in [2.75, 3.05) is 13.1 Å². The highest BCUT2D eigenvalue weighted by Gasteiger charge is 2.43. The Kier molecular flexibility index (Phi) is 8.26. The summed E-state index contributed by atoms with van der Waals surface area (Å²) in [6.45, 7) is 1.60. The van der Waals surface area contributed by atoms with Crippen molar-refractivity contribution < 1.29 is 24.3 Å². The molecule has 2 fully saturated rings. The number of likely N-dealkylation sites (tertiary alicyclic amines) is 2. The summed E-state index contributed by atoms with van der Waals surface area (Å²) in [5.74, 6) is -1.57. The van der Waals surface area contributed by atoms with Crippen LogP contribution in [0.1, 0.15) is 48.8 Å². The molecule has 0 saturated carbocycles. The van der Waals surface area contributed by atoms with Crippen LogP contribution in [0.4, 0.5) is 0 Å². The minimum atomic E-state index is -0.991. The van der Waals surface area contributed by atoms with Crippen molar-refractivity contribution in [1.82, 2.24) is 20.4 Å². The smallest absolute Gasteiger partial charge is 0.305 e. The maximum atomic E-state index is 13.8. The Morgan fingerprint density at radius 2 is 1.51 bits per heavy atom. The van der Waals surface area contributed by atoms with E-state index in [1.807, 2.05) is 48.5 Å². The lowest BCUT2D eigenvalue weighted by molar-refractivity contribution is -0.147. The van der Waals surface area contributed by atoms with E-state index in [1.54, 1.807) is 9.80 Å². The van der Waals surface area contributed by atoms with Crippen LogP contribution in [0.5, 0.6) is 0 Å². The molecule has 5 rings (SSSR count). The average Bonchev–Trinajstić information content (AvgIpc) is 3.63. The second kappa shape index (κ2) is 12.0.